The van der Waals surface area contributed by atoms with E-state index in [4.69, 9.17) is 11.0 Å². The second-order valence-corrected chi connectivity index (χ2v) is 7.42. The van der Waals surface area contributed by atoms with Gasteiger partial charge in [-0.05, 0) is 85.7 Å². The fourth-order valence-electron chi connectivity index (χ4n) is 3.93. The molecule has 3 rings (SSSR count). The fraction of sp³-hybridized carbons (Fsp3) is 0.292. The van der Waals surface area contributed by atoms with E-state index < -0.39 is 17.8 Å². The van der Waals surface area contributed by atoms with Crippen molar-refractivity contribution in [1.82, 2.24) is 0 Å². The van der Waals surface area contributed by atoms with Crippen LogP contribution in [0.15, 0.2) is 65.4 Å². The lowest BCUT2D eigenvalue weighted by Crippen LogP contribution is -2.22. The molecule has 2 aromatic rings. The first-order valence-corrected chi connectivity index (χ1v) is 9.83. The molecule has 0 aromatic heterocycles. The van der Waals surface area contributed by atoms with Gasteiger partial charge in [0.2, 0.25) is 0 Å². The zero-order valence-electron chi connectivity index (χ0n) is 17.0. The number of halogens is 3. The van der Waals surface area contributed by atoms with Gasteiger partial charge < -0.3 is 11.1 Å². The first kappa shape index (κ1) is 21.7. The van der Waals surface area contributed by atoms with Crippen LogP contribution in [0.4, 0.5) is 18.9 Å². The van der Waals surface area contributed by atoms with Gasteiger partial charge in [0.05, 0.1) is 23.2 Å². The van der Waals surface area contributed by atoms with Gasteiger partial charge in [0, 0.05) is 11.4 Å². The summed E-state index contributed by atoms with van der Waals surface area (Å²) in [6.07, 6.45) is 0.0746. The number of hydrogen-bond acceptors (Lipinski definition) is 3. The van der Waals surface area contributed by atoms with E-state index in [1.54, 1.807) is 18.2 Å². The normalized spacial score (nSPS) is 17.0. The van der Waals surface area contributed by atoms with E-state index in [-0.39, 0.29) is 0 Å². The van der Waals surface area contributed by atoms with Gasteiger partial charge in [0.15, 0.2) is 0 Å². The van der Waals surface area contributed by atoms with Crippen molar-refractivity contribution in [2.75, 3.05) is 5.32 Å². The lowest BCUT2D eigenvalue weighted by molar-refractivity contribution is -0.137. The number of nitrogens with two attached hydrogens (primary N) is 1. The molecule has 156 valence electrons. The van der Waals surface area contributed by atoms with Crippen molar-refractivity contribution >= 4 is 5.69 Å². The van der Waals surface area contributed by atoms with Crippen molar-refractivity contribution in [2.45, 2.75) is 45.3 Å². The highest BCUT2D eigenvalue weighted by atomic mass is 19.4. The molecule has 3 nitrogen and oxygen atoms in total. The Morgan fingerprint density at radius 1 is 1.17 bits per heavy atom. The molecule has 0 saturated heterocycles. The van der Waals surface area contributed by atoms with Crippen molar-refractivity contribution in [3.63, 3.8) is 0 Å². The number of hydrogen-bond donors (Lipinski definition) is 2. The Hall–Kier alpha value is -3.04. The second-order valence-electron chi connectivity index (χ2n) is 7.42. The molecule has 3 N–H and O–H groups in total. The van der Waals surface area contributed by atoms with E-state index >= 15 is 0 Å². The molecule has 0 spiro atoms. The third-order valence-corrected chi connectivity index (χ3v) is 5.42. The first-order valence-electron chi connectivity index (χ1n) is 9.83. The standard InChI is InChI=1S/C24H24F3N3/c1-3-17-6-4-9-21(30-19-8-5-7-18(13-19)24(25,26)27)22(17)23(29)20-11-10-16(14-28)12-15(20)2/h3,5,7-8,10-13,23,30H,4,6,9,29H2,1-2H3. The van der Waals surface area contributed by atoms with Crippen LogP contribution in [0.1, 0.15) is 54.5 Å². The van der Waals surface area contributed by atoms with Gasteiger partial charge in [-0.1, -0.05) is 18.2 Å². The molecule has 2 aromatic carbocycles. The molecule has 1 aliphatic carbocycles. The largest absolute Gasteiger partial charge is 0.416 e. The number of nitrogens with zero attached hydrogens (tertiary/aromatic N) is 1. The smallest absolute Gasteiger partial charge is 0.359 e. The predicted octanol–water partition coefficient (Wildman–Crippen LogP) is 6.38. The van der Waals surface area contributed by atoms with E-state index in [0.29, 0.717) is 17.7 Å². The van der Waals surface area contributed by atoms with Crippen LogP contribution in [0.5, 0.6) is 0 Å². The van der Waals surface area contributed by atoms with Crippen molar-refractivity contribution < 1.29 is 13.2 Å². The Kier molecular flexibility index (Phi) is 6.33. The maximum Gasteiger partial charge on any atom is 0.416 e. The lowest BCUT2D eigenvalue weighted by atomic mass is 9.82. The molecule has 1 aliphatic rings. The van der Waals surface area contributed by atoms with Crippen LogP contribution in [0.25, 0.3) is 0 Å². The summed E-state index contributed by atoms with van der Waals surface area (Å²) in [6, 6.07) is 12.3. The summed E-state index contributed by atoms with van der Waals surface area (Å²) in [4.78, 5) is 0. The summed E-state index contributed by atoms with van der Waals surface area (Å²) in [5, 5.41) is 12.3. The number of anilines is 1. The topological polar surface area (TPSA) is 61.8 Å². The van der Waals surface area contributed by atoms with E-state index in [9.17, 15) is 13.2 Å². The van der Waals surface area contributed by atoms with Crippen LogP contribution in [-0.4, -0.2) is 0 Å². The monoisotopic (exact) mass is 411 g/mol. The minimum atomic E-state index is -4.40. The molecule has 0 saturated carbocycles. The highest BCUT2D eigenvalue weighted by Crippen LogP contribution is 2.39. The van der Waals surface area contributed by atoms with E-state index in [1.807, 2.05) is 26.0 Å². The van der Waals surface area contributed by atoms with Crippen molar-refractivity contribution in [2.24, 2.45) is 5.73 Å². The number of rotatable bonds is 4. The molecule has 30 heavy (non-hydrogen) atoms. The predicted molar refractivity (Wildman–Crippen MR) is 113 cm³/mol. The molecule has 0 heterocycles. The summed E-state index contributed by atoms with van der Waals surface area (Å²) in [5.41, 5.74) is 11.6. The summed E-state index contributed by atoms with van der Waals surface area (Å²) < 4.78 is 39.3. The van der Waals surface area contributed by atoms with Crippen molar-refractivity contribution in [1.29, 1.82) is 5.26 Å². The highest BCUT2D eigenvalue weighted by molar-refractivity contribution is 5.57. The molecule has 6 heteroatoms. The van der Waals surface area contributed by atoms with E-state index in [1.165, 1.54) is 6.07 Å². The quantitative estimate of drug-likeness (QED) is 0.613. The average molecular weight is 411 g/mol. The summed E-state index contributed by atoms with van der Waals surface area (Å²) in [5.74, 6) is 0. The summed E-state index contributed by atoms with van der Waals surface area (Å²) in [6.45, 7) is 3.86. The van der Waals surface area contributed by atoms with Gasteiger partial charge in [-0.3, -0.25) is 0 Å². The Morgan fingerprint density at radius 2 is 1.93 bits per heavy atom. The van der Waals surface area contributed by atoms with Gasteiger partial charge >= 0.3 is 6.18 Å². The van der Waals surface area contributed by atoms with Crippen LogP contribution in [0, 0.1) is 18.3 Å². The Morgan fingerprint density at radius 3 is 2.57 bits per heavy atom. The number of nitrogens with one attached hydrogen (secondary N) is 1. The number of benzene rings is 2. The molecular formula is C24H24F3N3. The zero-order valence-corrected chi connectivity index (χ0v) is 17.0. The van der Waals surface area contributed by atoms with Gasteiger partial charge in [-0.2, -0.15) is 18.4 Å². The molecule has 0 amide bonds. The van der Waals surface area contributed by atoms with Crippen molar-refractivity contribution in [3.8, 4) is 6.07 Å². The number of aryl methyl sites for hydroxylation is 1. The fourth-order valence-corrected chi connectivity index (χ4v) is 3.93. The maximum absolute atomic E-state index is 13.1. The summed E-state index contributed by atoms with van der Waals surface area (Å²) >= 11 is 0. The zero-order chi connectivity index (χ0) is 21.9. The van der Waals surface area contributed by atoms with Gasteiger partial charge in [0.1, 0.15) is 0 Å². The lowest BCUT2D eigenvalue weighted by Gasteiger charge is -2.29. The van der Waals surface area contributed by atoms with Gasteiger partial charge in [-0.25, -0.2) is 0 Å². The molecule has 1 atom stereocenters. The Labute approximate surface area is 174 Å². The van der Waals surface area contributed by atoms with Crippen LogP contribution in [0.3, 0.4) is 0 Å². The molecule has 0 bridgehead atoms. The maximum atomic E-state index is 13.1. The molecule has 0 radical (unpaired) electrons. The second kappa shape index (κ2) is 8.76. The summed E-state index contributed by atoms with van der Waals surface area (Å²) in [7, 11) is 0. The van der Waals surface area contributed by atoms with Crippen LogP contribution in [0.2, 0.25) is 0 Å². The minimum absolute atomic E-state index is 0.387. The third kappa shape index (κ3) is 4.58. The number of nitriles is 1. The molecule has 1 unspecified atom stereocenters. The average Bonchev–Trinajstić information content (AvgIpc) is 2.72. The minimum Gasteiger partial charge on any atom is -0.359 e. The van der Waals surface area contributed by atoms with E-state index in [2.05, 4.69) is 11.4 Å². The van der Waals surface area contributed by atoms with Crippen LogP contribution < -0.4 is 11.1 Å². The van der Waals surface area contributed by atoms with Crippen LogP contribution >= 0.6 is 0 Å². The van der Waals surface area contributed by atoms with Gasteiger partial charge in [-0.15, -0.1) is 0 Å². The van der Waals surface area contributed by atoms with Gasteiger partial charge in [0.25, 0.3) is 0 Å². The molecule has 0 aliphatic heterocycles. The van der Waals surface area contributed by atoms with Crippen LogP contribution in [-0.2, 0) is 6.18 Å². The Balaban J connectivity index is 2.04. The molecule has 0 fully saturated rings. The highest BCUT2D eigenvalue weighted by Gasteiger charge is 2.31. The third-order valence-electron chi connectivity index (χ3n) is 5.42. The van der Waals surface area contributed by atoms with E-state index in [0.717, 1.165) is 52.9 Å². The molecular weight excluding hydrogens is 387 g/mol. The number of alkyl halides is 3. The first-order chi connectivity index (χ1) is 14.2. The Bertz CT molecular complexity index is 1040. The SMILES string of the molecule is CC=C1CCCC(Nc2cccc(C(F)(F)F)c2)=C1C(N)c1ccc(C#N)cc1C. The van der Waals surface area contributed by atoms with Crippen molar-refractivity contribution in [3.05, 3.63) is 87.6 Å². The number of allylic oxidation sites excluding steroid dienone is 2.